The number of amides is 1. The molecule has 0 bridgehead atoms. The third-order valence-corrected chi connectivity index (χ3v) is 6.32. The Morgan fingerprint density at radius 2 is 1.93 bits per heavy atom. The average Bonchev–Trinajstić information content (AvgIpc) is 3.29. The van der Waals surface area contributed by atoms with Crippen LogP contribution in [0.4, 0.5) is 5.69 Å². The van der Waals surface area contributed by atoms with Gasteiger partial charge in [0.2, 0.25) is 0 Å². The number of hydrogen-bond donors (Lipinski definition) is 0. The summed E-state index contributed by atoms with van der Waals surface area (Å²) in [6, 6.07) is 18.4. The Balaban J connectivity index is 1.40. The molecule has 4 rings (SSSR count). The number of anilines is 1. The van der Waals surface area contributed by atoms with E-state index in [4.69, 9.17) is 0 Å². The van der Waals surface area contributed by atoms with Gasteiger partial charge in [-0.15, -0.1) is 11.3 Å². The molecule has 0 unspecified atom stereocenters. The molecular weight excluding hydrogens is 366 g/mol. The minimum atomic E-state index is 0.132. The molecule has 0 atom stereocenters. The second-order valence-electron chi connectivity index (χ2n) is 7.33. The molecule has 2 heterocycles. The fourth-order valence-corrected chi connectivity index (χ4v) is 4.58. The van der Waals surface area contributed by atoms with Crippen molar-refractivity contribution in [3.63, 3.8) is 0 Å². The normalized spacial score (nSPS) is 14.8. The maximum Gasteiger partial charge on any atom is 0.253 e. The largest absolute Gasteiger partial charge is 0.370 e. The van der Waals surface area contributed by atoms with E-state index in [1.54, 1.807) is 11.3 Å². The summed E-state index contributed by atoms with van der Waals surface area (Å²) in [6.07, 6.45) is 3.86. The number of hydrogen-bond acceptors (Lipinski definition) is 4. The molecule has 3 aromatic rings. The molecule has 144 valence electrons. The molecule has 4 nitrogen and oxygen atoms in total. The number of aromatic nitrogens is 1. The first kappa shape index (κ1) is 18.7. The summed E-state index contributed by atoms with van der Waals surface area (Å²) in [5, 5.41) is 3.24. The number of thiazole rings is 1. The molecule has 0 saturated carbocycles. The monoisotopic (exact) mass is 391 g/mol. The first-order chi connectivity index (χ1) is 13.7. The highest BCUT2D eigenvalue weighted by Gasteiger charge is 2.26. The van der Waals surface area contributed by atoms with Crippen LogP contribution in [-0.2, 0) is 6.54 Å². The van der Waals surface area contributed by atoms with E-state index >= 15 is 0 Å². The van der Waals surface area contributed by atoms with Crippen molar-refractivity contribution >= 4 is 22.9 Å². The summed E-state index contributed by atoms with van der Waals surface area (Å²) in [4.78, 5) is 21.6. The lowest BCUT2D eigenvalue weighted by Gasteiger charge is -2.31. The van der Waals surface area contributed by atoms with Crippen LogP contribution in [0.1, 0.15) is 39.7 Å². The fourth-order valence-electron chi connectivity index (χ4n) is 3.77. The topological polar surface area (TPSA) is 36.4 Å². The van der Waals surface area contributed by atoms with E-state index < -0.39 is 0 Å². The van der Waals surface area contributed by atoms with Crippen LogP contribution in [0.25, 0.3) is 0 Å². The van der Waals surface area contributed by atoms with Gasteiger partial charge in [-0.25, -0.2) is 4.98 Å². The molecule has 1 saturated heterocycles. The van der Waals surface area contributed by atoms with Crippen molar-refractivity contribution in [1.82, 2.24) is 9.88 Å². The number of carbonyl (C=O) groups is 1. The Hall–Kier alpha value is -2.66. The molecular formula is C23H25N3OS. The van der Waals surface area contributed by atoms with Crippen LogP contribution in [0.2, 0.25) is 0 Å². The number of rotatable bonds is 5. The van der Waals surface area contributed by atoms with Gasteiger partial charge in [-0.2, -0.15) is 0 Å². The third-order valence-electron chi connectivity index (χ3n) is 5.38. The van der Waals surface area contributed by atoms with E-state index in [1.165, 1.54) is 10.6 Å². The first-order valence-electron chi connectivity index (χ1n) is 9.74. The van der Waals surface area contributed by atoms with Crippen molar-refractivity contribution in [2.45, 2.75) is 25.3 Å². The quantitative estimate of drug-likeness (QED) is 0.627. The van der Waals surface area contributed by atoms with E-state index in [0.717, 1.165) is 43.7 Å². The summed E-state index contributed by atoms with van der Waals surface area (Å²) in [5.41, 5.74) is 3.09. The van der Waals surface area contributed by atoms with E-state index in [-0.39, 0.29) is 5.91 Å². The number of likely N-dealkylation sites (tertiary alicyclic amines) is 1. The molecule has 0 N–H and O–H groups in total. The molecule has 0 spiro atoms. The van der Waals surface area contributed by atoms with Gasteiger partial charge in [-0.3, -0.25) is 4.79 Å². The van der Waals surface area contributed by atoms with Gasteiger partial charge >= 0.3 is 0 Å². The van der Waals surface area contributed by atoms with Crippen molar-refractivity contribution < 1.29 is 4.79 Å². The lowest BCUT2D eigenvalue weighted by Crippen LogP contribution is -2.38. The van der Waals surface area contributed by atoms with Gasteiger partial charge in [0, 0.05) is 55.4 Å². The molecule has 5 heteroatoms. The van der Waals surface area contributed by atoms with Gasteiger partial charge in [0.25, 0.3) is 5.91 Å². The Kier molecular flexibility index (Phi) is 5.72. The van der Waals surface area contributed by atoms with Crippen LogP contribution in [0.5, 0.6) is 0 Å². The Labute approximate surface area is 170 Å². The summed E-state index contributed by atoms with van der Waals surface area (Å²) in [7, 11) is 2.07. The van der Waals surface area contributed by atoms with Crippen molar-refractivity contribution in [2.24, 2.45) is 0 Å². The summed E-state index contributed by atoms with van der Waals surface area (Å²) in [6.45, 7) is 2.41. The van der Waals surface area contributed by atoms with Crippen molar-refractivity contribution in [3.05, 3.63) is 82.3 Å². The number of carbonyl (C=O) groups excluding carboxylic acids is 1. The Morgan fingerprint density at radius 3 is 2.64 bits per heavy atom. The molecule has 0 aliphatic carbocycles. The summed E-state index contributed by atoms with van der Waals surface area (Å²) < 4.78 is 0. The Morgan fingerprint density at radius 1 is 1.14 bits per heavy atom. The molecule has 2 aromatic carbocycles. The summed E-state index contributed by atoms with van der Waals surface area (Å²) in [5.74, 6) is 0.625. The molecule has 1 amide bonds. The Bertz CT molecular complexity index is 903. The molecule has 0 radical (unpaired) electrons. The standard InChI is InChI=1S/C23H25N3OS/c1-25(17-18-6-3-2-4-7-18)21-9-5-8-20(16-21)23(27)26-13-10-19(11-14-26)22-24-12-15-28-22/h2-9,12,15-16,19H,10-11,13-14,17H2,1H3. The van der Waals surface area contributed by atoms with Crippen LogP contribution >= 0.6 is 11.3 Å². The maximum absolute atomic E-state index is 13.0. The fraction of sp³-hybridized carbons (Fsp3) is 0.304. The van der Waals surface area contributed by atoms with Gasteiger partial charge in [0.05, 0.1) is 5.01 Å². The third kappa shape index (κ3) is 4.25. The lowest BCUT2D eigenvalue weighted by atomic mass is 9.97. The maximum atomic E-state index is 13.0. The molecule has 1 aromatic heterocycles. The van der Waals surface area contributed by atoms with Gasteiger partial charge in [-0.05, 0) is 36.6 Å². The van der Waals surface area contributed by atoms with Gasteiger partial charge < -0.3 is 9.80 Å². The highest BCUT2D eigenvalue weighted by atomic mass is 32.1. The van der Waals surface area contributed by atoms with Gasteiger partial charge in [-0.1, -0.05) is 36.4 Å². The zero-order chi connectivity index (χ0) is 19.3. The zero-order valence-electron chi connectivity index (χ0n) is 16.1. The SMILES string of the molecule is CN(Cc1ccccc1)c1cccc(C(=O)N2CCC(c3nccs3)CC2)c1. The smallest absolute Gasteiger partial charge is 0.253 e. The second-order valence-corrected chi connectivity index (χ2v) is 8.25. The van der Waals surface area contributed by atoms with Crippen LogP contribution in [0.15, 0.2) is 66.2 Å². The van der Waals surface area contributed by atoms with E-state index in [9.17, 15) is 4.79 Å². The van der Waals surface area contributed by atoms with Crippen LogP contribution < -0.4 is 4.90 Å². The zero-order valence-corrected chi connectivity index (χ0v) is 16.9. The molecule has 1 aliphatic rings. The molecule has 28 heavy (non-hydrogen) atoms. The second kappa shape index (κ2) is 8.57. The number of nitrogens with zero attached hydrogens (tertiary/aromatic N) is 3. The van der Waals surface area contributed by atoms with Crippen LogP contribution in [0, 0.1) is 0 Å². The lowest BCUT2D eigenvalue weighted by molar-refractivity contribution is 0.0713. The van der Waals surface area contributed by atoms with Crippen LogP contribution in [-0.4, -0.2) is 35.9 Å². The molecule has 1 aliphatic heterocycles. The highest BCUT2D eigenvalue weighted by Crippen LogP contribution is 2.30. The van der Waals surface area contributed by atoms with E-state index in [1.807, 2.05) is 40.7 Å². The molecule has 1 fully saturated rings. The summed E-state index contributed by atoms with van der Waals surface area (Å²) >= 11 is 1.72. The van der Waals surface area contributed by atoms with Gasteiger partial charge in [0.1, 0.15) is 0 Å². The van der Waals surface area contributed by atoms with Gasteiger partial charge in [0.15, 0.2) is 0 Å². The minimum Gasteiger partial charge on any atom is -0.370 e. The predicted molar refractivity (Wildman–Crippen MR) is 115 cm³/mol. The van der Waals surface area contributed by atoms with Crippen LogP contribution in [0.3, 0.4) is 0 Å². The minimum absolute atomic E-state index is 0.132. The number of piperidine rings is 1. The predicted octanol–water partition coefficient (Wildman–Crippen LogP) is 4.80. The van der Waals surface area contributed by atoms with Crippen molar-refractivity contribution in [2.75, 3.05) is 25.0 Å². The number of benzene rings is 2. The van der Waals surface area contributed by atoms with Crippen molar-refractivity contribution in [1.29, 1.82) is 0 Å². The highest BCUT2D eigenvalue weighted by molar-refractivity contribution is 7.09. The first-order valence-corrected chi connectivity index (χ1v) is 10.6. The van der Waals surface area contributed by atoms with Crippen molar-refractivity contribution in [3.8, 4) is 0 Å². The van der Waals surface area contributed by atoms with E-state index in [2.05, 4.69) is 47.3 Å². The van der Waals surface area contributed by atoms with E-state index in [0.29, 0.717) is 5.92 Å². The average molecular weight is 392 g/mol.